The highest BCUT2D eigenvalue weighted by molar-refractivity contribution is 7.09. The number of carbonyl (C=O) groups is 1. The third-order valence-electron chi connectivity index (χ3n) is 1.34. The molecule has 0 spiro atoms. The second-order valence-electron chi connectivity index (χ2n) is 2.18. The average Bonchev–Trinajstić information content (AvgIpc) is 2.53. The van der Waals surface area contributed by atoms with E-state index >= 15 is 0 Å². The smallest absolute Gasteiger partial charge is 0.256 e. The van der Waals surface area contributed by atoms with E-state index in [1.165, 1.54) is 6.08 Å². The van der Waals surface area contributed by atoms with Gasteiger partial charge in [0.2, 0.25) is 6.08 Å². The second-order valence-corrected chi connectivity index (χ2v) is 3.21. The van der Waals surface area contributed by atoms with Crippen LogP contribution in [0.4, 0.5) is 0 Å². The average molecular weight is 181 g/mol. The number of aryl methyl sites for hydroxylation is 1. The zero-order valence-electron chi connectivity index (χ0n) is 6.32. The van der Waals surface area contributed by atoms with Crippen molar-refractivity contribution in [1.29, 1.82) is 0 Å². The lowest BCUT2D eigenvalue weighted by atomic mass is 10.2. The molecule has 0 aliphatic heterocycles. The lowest BCUT2D eigenvalue weighted by Crippen LogP contribution is -1.94. The van der Waals surface area contributed by atoms with E-state index in [0.29, 0.717) is 6.42 Å². The molecule has 0 atom stereocenters. The van der Waals surface area contributed by atoms with Crippen molar-refractivity contribution in [2.24, 2.45) is 4.99 Å². The Kier molecular flexibility index (Phi) is 3.38. The van der Waals surface area contributed by atoms with Crippen LogP contribution in [-0.4, -0.2) is 12.0 Å². The van der Waals surface area contributed by atoms with E-state index in [2.05, 4.69) is 4.99 Å². The van der Waals surface area contributed by atoms with Gasteiger partial charge in [-0.3, -0.25) is 4.79 Å². The first-order chi connectivity index (χ1) is 5.83. The third-order valence-corrected chi connectivity index (χ3v) is 2.27. The highest BCUT2D eigenvalue weighted by atomic mass is 32.1. The van der Waals surface area contributed by atoms with Crippen LogP contribution in [-0.2, 0) is 16.0 Å². The zero-order chi connectivity index (χ0) is 8.81. The number of nitrogens with zero attached hydrogens (tertiary/aromatic N) is 1. The van der Waals surface area contributed by atoms with Gasteiger partial charge in [0, 0.05) is 11.3 Å². The van der Waals surface area contributed by atoms with Crippen molar-refractivity contribution in [2.45, 2.75) is 12.8 Å². The van der Waals surface area contributed by atoms with Gasteiger partial charge in [0.15, 0.2) is 0 Å². The molecule has 0 bridgehead atoms. The molecule has 1 aromatic heterocycles. The number of rotatable bonds is 3. The number of isocyanates is 1. The van der Waals surface area contributed by atoms with E-state index < -0.39 is 5.91 Å². The predicted octanol–water partition coefficient (Wildman–Crippen LogP) is 1.54. The van der Waals surface area contributed by atoms with Crippen LogP contribution in [0.5, 0.6) is 0 Å². The van der Waals surface area contributed by atoms with Gasteiger partial charge >= 0.3 is 0 Å². The predicted molar refractivity (Wildman–Crippen MR) is 45.8 cm³/mol. The van der Waals surface area contributed by atoms with Crippen LogP contribution in [0, 0.1) is 0 Å². The van der Waals surface area contributed by atoms with Gasteiger partial charge in [0.1, 0.15) is 0 Å². The molecular formula is C8H7NO2S. The van der Waals surface area contributed by atoms with E-state index in [-0.39, 0.29) is 6.42 Å². The van der Waals surface area contributed by atoms with E-state index in [9.17, 15) is 9.59 Å². The summed E-state index contributed by atoms with van der Waals surface area (Å²) >= 11 is 1.59. The molecule has 0 saturated heterocycles. The fourth-order valence-electron chi connectivity index (χ4n) is 0.792. The quantitative estimate of drug-likeness (QED) is 0.524. The Bertz CT molecular complexity index is 299. The van der Waals surface area contributed by atoms with E-state index in [1.807, 2.05) is 17.5 Å². The van der Waals surface area contributed by atoms with Crippen molar-refractivity contribution in [3.8, 4) is 0 Å². The lowest BCUT2D eigenvalue weighted by Gasteiger charge is -1.90. The molecule has 4 heteroatoms. The van der Waals surface area contributed by atoms with Gasteiger partial charge in [-0.05, 0) is 17.9 Å². The molecule has 0 aliphatic rings. The fraction of sp³-hybridized carbons (Fsp3) is 0.250. The first-order valence-corrected chi connectivity index (χ1v) is 4.34. The summed E-state index contributed by atoms with van der Waals surface area (Å²) in [6.45, 7) is 0. The molecule has 1 amide bonds. The Labute approximate surface area is 73.7 Å². The molecule has 0 aromatic carbocycles. The summed E-state index contributed by atoms with van der Waals surface area (Å²) in [5.74, 6) is -0.404. The number of carbonyl (C=O) groups excluding carboxylic acids is 2. The van der Waals surface area contributed by atoms with Crippen molar-refractivity contribution >= 4 is 23.3 Å². The molecule has 62 valence electrons. The van der Waals surface area contributed by atoms with Crippen LogP contribution < -0.4 is 0 Å². The largest absolute Gasteiger partial charge is 0.272 e. The molecule has 0 aliphatic carbocycles. The van der Waals surface area contributed by atoms with Gasteiger partial charge in [0.05, 0.1) is 0 Å². The molecular weight excluding hydrogens is 174 g/mol. The number of hydrogen-bond donors (Lipinski definition) is 0. The Balaban J connectivity index is 2.36. The standard InChI is InChI=1S/C8H7NO2S/c10-6-9-8(11)4-3-7-2-1-5-12-7/h1-2,5H,3-4H2. The monoisotopic (exact) mass is 181 g/mol. The molecule has 3 nitrogen and oxygen atoms in total. The maximum absolute atomic E-state index is 10.7. The third kappa shape index (κ3) is 2.78. The fourth-order valence-corrected chi connectivity index (χ4v) is 1.50. The summed E-state index contributed by atoms with van der Waals surface area (Å²) in [5.41, 5.74) is 0. The maximum atomic E-state index is 10.7. The summed E-state index contributed by atoms with van der Waals surface area (Å²) in [5, 5.41) is 1.95. The first-order valence-electron chi connectivity index (χ1n) is 3.46. The topological polar surface area (TPSA) is 46.5 Å². The van der Waals surface area contributed by atoms with Crippen LogP contribution in [0.25, 0.3) is 0 Å². The van der Waals surface area contributed by atoms with Gasteiger partial charge in [-0.1, -0.05) is 6.07 Å². The first kappa shape index (κ1) is 8.84. The minimum absolute atomic E-state index is 0.287. The molecule has 0 fully saturated rings. The number of hydrogen-bond acceptors (Lipinski definition) is 3. The van der Waals surface area contributed by atoms with Crippen LogP contribution in [0.2, 0.25) is 0 Å². The zero-order valence-corrected chi connectivity index (χ0v) is 7.13. The maximum Gasteiger partial charge on any atom is 0.256 e. The molecule has 0 radical (unpaired) electrons. The van der Waals surface area contributed by atoms with E-state index in [1.54, 1.807) is 11.3 Å². The van der Waals surface area contributed by atoms with Crippen LogP contribution in [0.3, 0.4) is 0 Å². The van der Waals surface area contributed by atoms with Gasteiger partial charge < -0.3 is 0 Å². The SMILES string of the molecule is O=C=NC(=O)CCc1cccs1. The second kappa shape index (κ2) is 4.59. The minimum atomic E-state index is -0.404. The van der Waals surface area contributed by atoms with Gasteiger partial charge in [0.25, 0.3) is 5.91 Å². The number of amides is 1. The molecule has 12 heavy (non-hydrogen) atoms. The Morgan fingerprint density at radius 2 is 2.50 bits per heavy atom. The Morgan fingerprint density at radius 3 is 3.08 bits per heavy atom. The molecule has 1 rings (SSSR count). The van der Waals surface area contributed by atoms with Crippen molar-refractivity contribution in [1.82, 2.24) is 0 Å². The summed E-state index contributed by atoms with van der Waals surface area (Å²) in [7, 11) is 0. The van der Waals surface area contributed by atoms with Crippen LogP contribution in [0.15, 0.2) is 22.5 Å². The molecule has 0 N–H and O–H groups in total. The molecule has 0 saturated carbocycles. The van der Waals surface area contributed by atoms with Crippen molar-refractivity contribution in [2.75, 3.05) is 0 Å². The van der Waals surface area contributed by atoms with Gasteiger partial charge in [-0.2, -0.15) is 0 Å². The molecule has 0 unspecified atom stereocenters. The Hall–Kier alpha value is -1.25. The highest BCUT2D eigenvalue weighted by Crippen LogP contribution is 2.10. The summed E-state index contributed by atoms with van der Waals surface area (Å²) < 4.78 is 0. The van der Waals surface area contributed by atoms with Gasteiger partial charge in [-0.15, -0.1) is 16.3 Å². The molecule has 1 heterocycles. The highest BCUT2D eigenvalue weighted by Gasteiger charge is 2.00. The summed E-state index contributed by atoms with van der Waals surface area (Å²) in [6, 6.07) is 3.87. The van der Waals surface area contributed by atoms with Crippen LogP contribution >= 0.6 is 11.3 Å². The molecule has 1 aromatic rings. The number of aliphatic imine (C=N–C) groups is 1. The van der Waals surface area contributed by atoms with Gasteiger partial charge in [-0.25, -0.2) is 4.79 Å². The van der Waals surface area contributed by atoms with Crippen molar-refractivity contribution < 1.29 is 9.59 Å². The Morgan fingerprint density at radius 1 is 1.67 bits per heavy atom. The minimum Gasteiger partial charge on any atom is -0.272 e. The summed E-state index contributed by atoms with van der Waals surface area (Å²) in [6.07, 6.45) is 2.17. The van der Waals surface area contributed by atoms with Crippen molar-refractivity contribution in [3.05, 3.63) is 22.4 Å². The van der Waals surface area contributed by atoms with Crippen LogP contribution in [0.1, 0.15) is 11.3 Å². The summed E-state index contributed by atoms with van der Waals surface area (Å²) in [4.78, 5) is 24.5. The van der Waals surface area contributed by atoms with E-state index in [4.69, 9.17) is 0 Å². The number of thiophene rings is 1. The lowest BCUT2D eigenvalue weighted by molar-refractivity contribution is -0.117. The van der Waals surface area contributed by atoms with Crippen molar-refractivity contribution in [3.63, 3.8) is 0 Å². The normalized spacial score (nSPS) is 9.00. The van der Waals surface area contributed by atoms with E-state index in [0.717, 1.165) is 4.88 Å².